The number of nitrogens with one attached hydrogen (secondary N) is 1. The highest BCUT2D eigenvalue weighted by atomic mass is 16.5. The summed E-state index contributed by atoms with van der Waals surface area (Å²) in [5, 5.41) is 6.96. The van der Waals surface area contributed by atoms with Gasteiger partial charge in [0.1, 0.15) is 6.04 Å². The summed E-state index contributed by atoms with van der Waals surface area (Å²) >= 11 is 0. The van der Waals surface area contributed by atoms with E-state index in [-0.39, 0.29) is 12.1 Å². The van der Waals surface area contributed by atoms with Gasteiger partial charge in [-0.3, -0.25) is 0 Å². The van der Waals surface area contributed by atoms with Gasteiger partial charge in [-0.25, -0.2) is 4.79 Å². The molecule has 2 amide bonds. The third kappa shape index (κ3) is 3.36. The minimum atomic E-state index is -0.138. The predicted octanol–water partition coefficient (Wildman–Crippen LogP) is 3.30. The summed E-state index contributed by atoms with van der Waals surface area (Å²) in [6.07, 6.45) is 2.92. The van der Waals surface area contributed by atoms with Crippen LogP contribution in [0.1, 0.15) is 43.7 Å². The van der Waals surface area contributed by atoms with Crippen molar-refractivity contribution in [2.45, 2.75) is 39.2 Å². The molecule has 1 aliphatic heterocycles. The minimum Gasteiger partial charge on any atom is -0.338 e. The van der Waals surface area contributed by atoms with Crippen LogP contribution in [-0.2, 0) is 0 Å². The van der Waals surface area contributed by atoms with Gasteiger partial charge >= 0.3 is 6.03 Å². The quantitative estimate of drug-likeness (QED) is 0.943. The average Bonchev–Trinajstić information content (AvgIpc) is 3.05. The molecule has 0 saturated carbocycles. The molecular weight excluding hydrogens is 292 g/mol. The zero-order valence-electron chi connectivity index (χ0n) is 13.6. The Morgan fingerprint density at radius 1 is 1.43 bits per heavy atom. The van der Waals surface area contributed by atoms with Crippen LogP contribution in [0.4, 0.5) is 4.79 Å². The molecule has 0 bridgehead atoms. The van der Waals surface area contributed by atoms with Crippen LogP contribution in [-0.4, -0.2) is 34.2 Å². The Morgan fingerprint density at radius 3 is 3.09 bits per heavy atom. The lowest BCUT2D eigenvalue weighted by atomic mass is 10.0. The monoisotopic (exact) mass is 314 g/mol. The molecule has 1 atom stereocenters. The van der Waals surface area contributed by atoms with Gasteiger partial charge in [0.25, 0.3) is 0 Å². The molecule has 6 heteroatoms. The summed E-state index contributed by atoms with van der Waals surface area (Å²) in [6, 6.07) is 7.79. The highest BCUT2D eigenvalue weighted by Crippen LogP contribution is 2.31. The fourth-order valence-corrected chi connectivity index (χ4v) is 2.96. The molecule has 1 aromatic carbocycles. The number of benzene rings is 1. The fourth-order valence-electron chi connectivity index (χ4n) is 2.96. The highest BCUT2D eigenvalue weighted by molar-refractivity contribution is 5.74. The fraction of sp³-hybridized carbons (Fsp3) is 0.471. The van der Waals surface area contributed by atoms with Crippen molar-refractivity contribution < 1.29 is 9.32 Å². The first-order valence-electron chi connectivity index (χ1n) is 8.14. The van der Waals surface area contributed by atoms with Crippen molar-refractivity contribution in [3.05, 3.63) is 35.7 Å². The van der Waals surface area contributed by atoms with Gasteiger partial charge in [-0.1, -0.05) is 28.9 Å². The summed E-state index contributed by atoms with van der Waals surface area (Å²) < 4.78 is 5.47. The molecule has 1 aliphatic rings. The van der Waals surface area contributed by atoms with Gasteiger partial charge in [0, 0.05) is 18.7 Å². The summed E-state index contributed by atoms with van der Waals surface area (Å²) in [7, 11) is 0. The maximum Gasteiger partial charge on any atom is 0.318 e. The Bertz CT molecular complexity index is 683. The Kier molecular flexibility index (Phi) is 4.60. The molecule has 1 unspecified atom stereocenters. The van der Waals surface area contributed by atoms with Crippen molar-refractivity contribution in [2.24, 2.45) is 0 Å². The summed E-state index contributed by atoms with van der Waals surface area (Å²) in [4.78, 5) is 18.6. The van der Waals surface area contributed by atoms with E-state index in [1.807, 2.05) is 38.1 Å². The van der Waals surface area contributed by atoms with Crippen LogP contribution in [0.15, 0.2) is 28.8 Å². The average molecular weight is 314 g/mol. The van der Waals surface area contributed by atoms with Crippen molar-refractivity contribution in [3.63, 3.8) is 0 Å². The number of hydrogen-bond acceptors (Lipinski definition) is 4. The van der Waals surface area contributed by atoms with Crippen LogP contribution in [0, 0.1) is 6.92 Å². The molecule has 1 saturated heterocycles. The van der Waals surface area contributed by atoms with E-state index in [4.69, 9.17) is 4.52 Å². The SMILES string of the molecule is CCNC(=O)N1CCCCC1c1nc(-c2cccc(C)c2)no1. The number of carbonyl (C=O) groups excluding carboxylic acids is 1. The minimum absolute atomic E-state index is 0.0625. The van der Waals surface area contributed by atoms with Crippen LogP contribution >= 0.6 is 0 Å². The van der Waals surface area contributed by atoms with E-state index in [1.165, 1.54) is 0 Å². The smallest absolute Gasteiger partial charge is 0.318 e. The Morgan fingerprint density at radius 2 is 2.30 bits per heavy atom. The van der Waals surface area contributed by atoms with E-state index in [1.54, 1.807) is 4.90 Å². The number of hydrogen-bond donors (Lipinski definition) is 1. The summed E-state index contributed by atoms with van der Waals surface area (Å²) in [6.45, 7) is 5.28. The first kappa shape index (κ1) is 15.5. The molecule has 1 fully saturated rings. The Labute approximate surface area is 135 Å². The third-order valence-corrected chi connectivity index (χ3v) is 4.09. The number of aromatic nitrogens is 2. The van der Waals surface area contributed by atoms with E-state index in [9.17, 15) is 4.79 Å². The van der Waals surface area contributed by atoms with Gasteiger partial charge in [-0.2, -0.15) is 4.98 Å². The summed E-state index contributed by atoms with van der Waals surface area (Å²) in [5.74, 6) is 1.09. The molecule has 2 heterocycles. The molecule has 3 rings (SSSR count). The lowest BCUT2D eigenvalue weighted by molar-refractivity contribution is 0.132. The van der Waals surface area contributed by atoms with E-state index in [0.717, 1.165) is 36.9 Å². The van der Waals surface area contributed by atoms with E-state index in [0.29, 0.717) is 18.3 Å². The number of amides is 2. The number of urea groups is 1. The normalized spacial score (nSPS) is 18.0. The Balaban J connectivity index is 1.84. The maximum absolute atomic E-state index is 12.2. The highest BCUT2D eigenvalue weighted by Gasteiger charge is 2.32. The number of nitrogens with zero attached hydrogens (tertiary/aromatic N) is 3. The van der Waals surface area contributed by atoms with Crippen LogP contribution in [0.3, 0.4) is 0 Å². The lowest BCUT2D eigenvalue weighted by Crippen LogP contribution is -2.44. The Hall–Kier alpha value is -2.37. The second-order valence-electron chi connectivity index (χ2n) is 5.87. The van der Waals surface area contributed by atoms with Crippen molar-refractivity contribution in [1.82, 2.24) is 20.4 Å². The van der Waals surface area contributed by atoms with Crippen molar-refractivity contribution in [3.8, 4) is 11.4 Å². The number of piperidine rings is 1. The molecule has 23 heavy (non-hydrogen) atoms. The van der Waals surface area contributed by atoms with Gasteiger partial charge in [0.05, 0.1) is 0 Å². The summed E-state index contributed by atoms with van der Waals surface area (Å²) in [5.41, 5.74) is 2.08. The van der Waals surface area contributed by atoms with Crippen molar-refractivity contribution in [2.75, 3.05) is 13.1 Å². The van der Waals surface area contributed by atoms with E-state index >= 15 is 0 Å². The number of aryl methyl sites for hydroxylation is 1. The zero-order valence-corrected chi connectivity index (χ0v) is 13.6. The molecular formula is C17H22N4O2. The molecule has 122 valence electrons. The molecule has 1 aromatic heterocycles. The van der Waals surface area contributed by atoms with Crippen LogP contribution < -0.4 is 5.32 Å². The second kappa shape index (κ2) is 6.81. The molecule has 0 aliphatic carbocycles. The predicted molar refractivity (Wildman–Crippen MR) is 86.8 cm³/mol. The van der Waals surface area contributed by atoms with Crippen LogP contribution in [0.5, 0.6) is 0 Å². The largest absolute Gasteiger partial charge is 0.338 e. The second-order valence-corrected chi connectivity index (χ2v) is 5.87. The third-order valence-electron chi connectivity index (χ3n) is 4.09. The van der Waals surface area contributed by atoms with Gasteiger partial charge in [-0.05, 0) is 39.2 Å². The van der Waals surface area contributed by atoms with Gasteiger partial charge in [0.2, 0.25) is 11.7 Å². The zero-order chi connectivity index (χ0) is 16.2. The topological polar surface area (TPSA) is 71.3 Å². The van der Waals surface area contributed by atoms with E-state index in [2.05, 4.69) is 15.5 Å². The molecule has 2 aromatic rings. The molecule has 0 radical (unpaired) electrons. The van der Waals surface area contributed by atoms with Crippen molar-refractivity contribution in [1.29, 1.82) is 0 Å². The van der Waals surface area contributed by atoms with Crippen LogP contribution in [0.2, 0.25) is 0 Å². The maximum atomic E-state index is 12.2. The lowest BCUT2D eigenvalue weighted by Gasteiger charge is -2.33. The first-order valence-corrected chi connectivity index (χ1v) is 8.14. The molecule has 6 nitrogen and oxygen atoms in total. The molecule has 1 N–H and O–H groups in total. The van der Waals surface area contributed by atoms with Gasteiger partial charge in [0.15, 0.2) is 0 Å². The van der Waals surface area contributed by atoms with E-state index < -0.39 is 0 Å². The first-order chi connectivity index (χ1) is 11.2. The van der Waals surface area contributed by atoms with Gasteiger partial charge < -0.3 is 14.7 Å². The standard InChI is InChI=1S/C17H22N4O2/c1-3-18-17(22)21-10-5-4-9-14(21)16-19-15(20-23-16)13-8-6-7-12(2)11-13/h6-8,11,14H,3-5,9-10H2,1-2H3,(H,18,22). The molecule has 0 spiro atoms. The van der Waals surface area contributed by atoms with Crippen LogP contribution in [0.25, 0.3) is 11.4 Å². The number of carbonyl (C=O) groups is 1. The number of rotatable bonds is 3. The van der Waals surface area contributed by atoms with Crippen molar-refractivity contribution >= 4 is 6.03 Å². The number of likely N-dealkylation sites (tertiary alicyclic amines) is 1. The van der Waals surface area contributed by atoms with Gasteiger partial charge in [-0.15, -0.1) is 0 Å².